The van der Waals surface area contributed by atoms with Crippen molar-refractivity contribution in [2.75, 3.05) is 25.6 Å². The van der Waals surface area contributed by atoms with E-state index < -0.39 is 27.9 Å². The molecule has 0 aliphatic carbocycles. The lowest BCUT2D eigenvalue weighted by atomic mass is 10.2. The number of ether oxygens (including phenoxy) is 2. The second-order valence-corrected chi connectivity index (χ2v) is 8.77. The van der Waals surface area contributed by atoms with E-state index in [1.165, 1.54) is 21.1 Å². The van der Waals surface area contributed by atoms with Gasteiger partial charge in [-0.1, -0.05) is 0 Å². The van der Waals surface area contributed by atoms with Gasteiger partial charge in [0.05, 0.1) is 13.7 Å². The van der Waals surface area contributed by atoms with Gasteiger partial charge in [0.1, 0.15) is 22.4 Å². The average molecular weight is 436 g/mol. The second-order valence-electron chi connectivity index (χ2n) is 6.88. The molecule has 1 N–H and O–H groups in total. The van der Waals surface area contributed by atoms with Crippen LogP contribution in [-0.2, 0) is 26.6 Å². The summed E-state index contributed by atoms with van der Waals surface area (Å²) in [5.74, 6) is -0.348. The van der Waals surface area contributed by atoms with Crippen LogP contribution < -0.4 is 10.1 Å². The fraction of sp³-hybridized carbons (Fsp3) is 0.400. The Morgan fingerprint density at radius 3 is 2.57 bits per heavy atom. The first-order chi connectivity index (χ1) is 14.3. The molecule has 0 radical (unpaired) electrons. The smallest absolute Gasteiger partial charge is 0.354 e. The van der Waals surface area contributed by atoms with Crippen LogP contribution >= 0.6 is 0 Å². The number of anilines is 1. The van der Waals surface area contributed by atoms with E-state index in [1.807, 2.05) is 0 Å². The topological polar surface area (TPSA) is 107 Å². The molecule has 1 aliphatic rings. The van der Waals surface area contributed by atoms with E-state index in [9.17, 15) is 18.0 Å². The van der Waals surface area contributed by atoms with Gasteiger partial charge in [0, 0.05) is 25.5 Å². The predicted octanol–water partition coefficient (Wildman–Crippen LogP) is 2.00. The number of methoxy groups -OCH3 is 1. The zero-order valence-corrected chi connectivity index (χ0v) is 17.9. The first-order valence-electron chi connectivity index (χ1n) is 9.58. The molecule has 2 heterocycles. The lowest BCUT2D eigenvalue weighted by Gasteiger charge is -2.23. The van der Waals surface area contributed by atoms with E-state index in [4.69, 9.17) is 9.47 Å². The summed E-state index contributed by atoms with van der Waals surface area (Å²) in [4.78, 5) is 24.8. The number of aromatic nitrogens is 1. The molecule has 2 aromatic rings. The predicted molar refractivity (Wildman–Crippen MR) is 110 cm³/mol. The fourth-order valence-electron chi connectivity index (χ4n) is 3.41. The van der Waals surface area contributed by atoms with Crippen LogP contribution in [0.3, 0.4) is 0 Å². The minimum Gasteiger partial charge on any atom is -0.497 e. The van der Waals surface area contributed by atoms with Crippen LogP contribution in [0.15, 0.2) is 41.4 Å². The Labute approximate surface area is 175 Å². The number of rotatable bonds is 7. The first kappa shape index (κ1) is 21.8. The molecule has 1 aromatic heterocycles. The van der Waals surface area contributed by atoms with Gasteiger partial charge in [-0.05, 0) is 50.1 Å². The fourth-order valence-corrected chi connectivity index (χ4v) is 5.14. The number of carbonyl (C=O) groups excluding carboxylic acids is 2. The third-order valence-corrected chi connectivity index (χ3v) is 6.81. The molecule has 10 heteroatoms. The third-order valence-electron chi connectivity index (χ3n) is 4.93. The van der Waals surface area contributed by atoms with Gasteiger partial charge in [-0.3, -0.25) is 4.79 Å². The van der Waals surface area contributed by atoms with Crippen LogP contribution in [0.25, 0.3) is 0 Å². The van der Waals surface area contributed by atoms with Gasteiger partial charge in [-0.25, -0.2) is 13.2 Å². The van der Waals surface area contributed by atoms with Crippen molar-refractivity contribution in [2.45, 2.75) is 30.7 Å². The highest BCUT2D eigenvalue weighted by Crippen LogP contribution is 2.28. The van der Waals surface area contributed by atoms with Crippen molar-refractivity contribution in [1.82, 2.24) is 8.87 Å². The minimum atomic E-state index is -3.96. The third kappa shape index (κ3) is 4.34. The monoisotopic (exact) mass is 435 g/mol. The Kier molecular flexibility index (Phi) is 6.47. The number of nitrogens with zero attached hydrogens (tertiary/aromatic N) is 2. The van der Waals surface area contributed by atoms with Crippen molar-refractivity contribution in [2.24, 2.45) is 7.05 Å². The Balaban J connectivity index is 1.80. The summed E-state index contributed by atoms with van der Waals surface area (Å²) in [5, 5.41) is 2.76. The quantitative estimate of drug-likeness (QED) is 0.667. The van der Waals surface area contributed by atoms with Gasteiger partial charge in [0.2, 0.25) is 15.9 Å². The number of hydrogen-bond acceptors (Lipinski definition) is 6. The van der Waals surface area contributed by atoms with E-state index in [0.29, 0.717) is 24.3 Å². The lowest BCUT2D eigenvalue weighted by molar-refractivity contribution is -0.119. The van der Waals surface area contributed by atoms with Gasteiger partial charge in [0.25, 0.3) is 0 Å². The molecular formula is C20H25N3O6S. The zero-order chi connectivity index (χ0) is 21.9. The van der Waals surface area contributed by atoms with Crippen molar-refractivity contribution in [3.63, 3.8) is 0 Å². The highest BCUT2D eigenvalue weighted by atomic mass is 32.2. The highest BCUT2D eigenvalue weighted by molar-refractivity contribution is 7.89. The van der Waals surface area contributed by atoms with E-state index >= 15 is 0 Å². The molecule has 0 spiro atoms. The lowest BCUT2D eigenvalue weighted by Crippen LogP contribution is -2.43. The molecule has 1 aliphatic heterocycles. The Hall–Kier alpha value is -2.85. The molecule has 9 nitrogen and oxygen atoms in total. The summed E-state index contributed by atoms with van der Waals surface area (Å²) >= 11 is 0. The number of esters is 1. The van der Waals surface area contributed by atoms with Crippen LogP contribution in [0.4, 0.5) is 5.69 Å². The summed E-state index contributed by atoms with van der Waals surface area (Å²) in [5.41, 5.74) is 0.684. The van der Waals surface area contributed by atoms with Crippen LogP contribution in [0, 0.1) is 0 Å². The van der Waals surface area contributed by atoms with Gasteiger partial charge < -0.3 is 19.4 Å². The molecule has 162 valence electrons. The van der Waals surface area contributed by atoms with Crippen molar-refractivity contribution in [3.05, 3.63) is 42.2 Å². The molecule has 3 rings (SSSR count). The van der Waals surface area contributed by atoms with Crippen LogP contribution in [0.1, 0.15) is 30.3 Å². The first-order valence-corrected chi connectivity index (χ1v) is 11.0. The zero-order valence-electron chi connectivity index (χ0n) is 17.1. The van der Waals surface area contributed by atoms with E-state index in [1.54, 1.807) is 45.3 Å². The summed E-state index contributed by atoms with van der Waals surface area (Å²) in [6, 6.07) is 7.24. The van der Waals surface area contributed by atoms with E-state index in [0.717, 1.165) is 0 Å². The maximum Gasteiger partial charge on any atom is 0.354 e. The number of hydrogen-bond donors (Lipinski definition) is 1. The molecule has 0 unspecified atom stereocenters. The van der Waals surface area contributed by atoms with Gasteiger partial charge in [0.15, 0.2) is 0 Å². The average Bonchev–Trinajstić information content (AvgIpc) is 3.36. The van der Waals surface area contributed by atoms with E-state index in [2.05, 4.69) is 5.32 Å². The number of benzene rings is 1. The van der Waals surface area contributed by atoms with Crippen molar-refractivity contribution >= 4 is 27.6 Å². The summed E-state index contributed by atoms with van der Waals surface area (Å²) in [6.45, 7) is 2.09. The molecule has 30 heavy (non-hydrogen) atoms. The number of amides is 1. The number of nitrogens with one attached hydrogen (secondary N) is 1. The maximum atomic E-state index is 13.2. The minimum absolute atomic E-state index is 0.0443. The summed E-state index contributed by atoms with van der Waals surface area (Å²) < 4.78 is 39.0. The van der Waals surface area contributed by atoms with Gasteiger partial charge in [-0.2, -0.15) is 4.31 Å². The molecular weight excluding hydrogens is 410 g/mol. The normalized spacial score (nSPS) is 17.0. The van der Waals surface area contributed by atoms with Crippen molar-refractivity contribution < 1.29 is 27.5 Å². The van der Waals surface area contributed by atoms with Crippen molar-refractivity contribution in [1.29, 1.82) is 0 Å². The number of sulfonamides is 1. The van der Waals surface area contributed by atoms with Crippen LogP contribution in [0.5, 0.6) is 5.75 Å². The molecule has 1 amide bonds. The summed E-state index contributed by atoms with van der Waals surface area (Å²) in [7, 11) is -0.842. The van der Waals surface area contributed by atoms with Gasteiger partial charge >= 0.3 is 5.97 Å². The SMILES string of the molecule is CCOC(=O)c1cc(S(=O)(=O)N2CCC[C@H]2C(=O)Nc2ccc(OC)cc2)cn1C. The number of carbonyl (C=O) groups is 2. The standard InChI is InChI=1S/C20H25N3O6S/c1-4-29-20(25)18-12-16(13-22(18)2)30(26,27)23-11-5-6-17(23)19(24)21-14-7-9-15(28-3)10-8-14/h7-10,12-13,17H,4-6,11H2,1-3H3,(H,21,24)/t17-/m0/s1. The molecule has 1 aromatic carbocycles. The van der Waals surface area contributed by atoms with E-state index in [-0.39, 0.29) is 23.7 Å². The van der Waals surface area contributed by atoms with Crippen LogP contribution in [0.2, 0.25) is 0 Å². The van der Waals surface area contributed by atoms with Crippen LogP contribution in [-0.4, -0.2) is 55.5 Å². The maximum absolute atomic E-state index is 13.2. The molecule has 1 saturated heterocycles. The Morgan fingerprint density at radius 1 is 1.23 bits per heavy atom. The second kappa shape index (κ2) is 8.88. The molecule has 0 bridgehead atoms. The Morgan fingerprint density at radius 2 is 1.93 bits per heavy atom. The molecule has 1 atom stereocenters. The Bertz CT molecular complexity index is 1030. The molecule has 1 fully saturated rings. The summed E-state index contributed by atoms with van der Waals surface area (Å²) in [6.07, 6.45) is 2.34. The number of aryl methyl sites for hydroxylation is 1. The van der Waals surface area contributed by atoms with Gasteiger partial charge in [-0.15, -0.1) is 0 Å². The van der Waals surface area contributed by atoms with Crippen molar-refractivity contribution in [3.8, 4) is 5.75 Å². The molecule has 0 saturated carbocycles. The largest absolute Gasteiger partial charge is 0.497 e. The highest BCUT2D eigenvalue weighted by Gasteiger charge is 2.40.